The van der Waals surface area contributed by atoms with Gasteiger partial charge in [-0.3, -0.25) is 10.1 Å². The molecule has 110 valence electrons. The lowest BCUT2D eigenvalue weighted by Gasteiger charge is -2.32. The quantitative estimate of drug-likeness (QED) is 0.829. The molecule has 0 spiro atoms. The van der Waals surface area contributed by atoms with E-state index >= 15 is 0 Å². The second kappa shape index (κ2) is 6.74. The standard InChI is InChI=1S/C16H30N2O/c1-4-6-15-17-14(5-2)16(19)18(15)11-13-9-7-12(3)8-10-13/h12-15,17H,4-11H2,1-3H3. The highest BCUT2D eigenvalue weighted by Gasteiger charge is 2.38. The van der Waals surface area contributed by atoms with Crippen LogP contribution in [0, 0.1) is 11.8 Å². The lowest BCUT2D eigenvalue weighted by atomic mass is 9.82. The Morgan fingerprint density at radius 1 is 1.21 bits per heavy atom. The molecule has 1 aliphatic carbocycles. The van der Waals surface area contributed by atoms with Crippen molar-refractivity contribution in [1.29, 1.82) is 0 Å². The van der Waals surface area contributed by atoms with Crippen LogP contribution in [0.5, 0.6) is 0 Å². The number of nitrogens with one attached hydrogen (secondary N) is 1. The maximum absolute atomic E-state index is 12.4. The van der Waals surface area contributed by atoms with Gasteiger partial charge in [-0.15, -0.1) is 0 Å². The summed E-state index contributed by atoms with van der Waals surface area (Å²) in [6, 6.07) is 0.0686. The van der Waals surface area contributed by atoms with Crippen molar-refractivity contribution in [2.24, 2.45) is 11.8 Å². The molecule has 0 radical (unpaired) electrons. The topological polar surface area (TPSA) is 32.3 Å². The van der Waals surface area contributed by atoms with Crippen LogP contribution in [0.3, 0.4) is 0 Å². The number of nitrogens with zero attached hydrogens (tertiary/aromatic N) is 1. The van der Waals surface area contributed by atoms with E-state index in [-0.39, 0.29) is 6.04 Å². The molecule has 2 fully saturated rings. The van der Waals surface area contributed by atoms with E-state index < -0.39 is 0 Å². The first-order valence-electron chi connectivity index (χ1n) is 8.22. The predicted octanol–water partition coefficient (Wildman–Crippen LogP) is 3.15. The number of carbonyl (C=O) groups is 1. The van der Waals surface area contributed by atoms with Crippen molar-refractivity contribution in [1.82, 2.24) is 10.2 Å². The first kappa shape index (κ1) is 14.8. The molecule has 2 unspecified atom stereocenters. The van der Waals surface area contributed by atoms with Crippen LogP contribution in [-0.2, 0) is 4.79 Å². The molecule has 1 heterocycles. The van der Waals surface area contributed by atoms with Crippen LogP contribution in [0.2, 0.25) is 0 Å². The Labute approximate surface area is 118 Å². The van der Waals surface area contributed by atoms with E-state index in [1.807, 2.05) is 0 Å². The van der Waals surface area contributed by atoms with Gasteiger partial charge in [0.15, 0.2) is 0 Å². The molecule has 2 aliphatic rings. The van der Waals surface area contributed by atoms with Crippen molar-refractivity contribution < 1.29 is 4.79 Å². The summed E-state index contributed by atoms with van der Waals surface area (Å²) in [5, 5.41) is 3.52. The Morgan fingerprint density at radius 3 is 2.47 bits per heavy atom. The SMILES string of the molecule is CCCC1NC(CC)C(=O)N1CC1CCC(C)CC1. The van der Waals surface area contributed by atoms with Gasteiger partial charge in [0.1, 0.15) is 0 Å². The molecular weight excluding hydrogens is 236 g/mol. The van der Waals surface area contributed by atoms with Gasteiger partial charge in [-0.2, -0.15) is 0 Å². The van der Waals surface area contributed by atoms with Crippen LogP contribution in [0.25, 0.3) is 0 Å². The maximum Gasteiger partial charge on any atom is 0.241 e. The van der Waals surface area contributed by atoms with E-state index in [4.69, 9.17) is 0 Å². The van der Waals surface area contributed by atoms with Crippen molar-refractivity contribution in [3.8, 4) is 0 Å². The number of rotatable bonds is 5. The van der Waals surface area contributed by atoms with Crippen molar-refractivity contribution >= 4 is 5.91 Å². The molecule has 0 aromatic rings. The Hall–Kier alpha value is -0.570. The number of amides is 1. The minimum absolute atomic E-state index is 0.0686. The van der Waals surface area contributed by atoms with Gasteiger partial charge in [-0.25, -0.2) is 0 Å². The summed E-state index contributed by atoms with van der Waals surface area (Å²) in [5.74, 6) is 1.97. The van der Waals surface area contributed by atoms with E-state index in [1.54, 1.807) is 0 Å². The van der Waals surface area contributed by atoms with Gasteiger partial charge in [0.05, 0.1) is 12.2 Å². The van der Waals surface area contributed by atoms with Crippen LogP contribution >= 0.6 is 0 Å². The molecule has 0 bridgehead atoms. The van der Waals surface area contributed by atoms with E-state index in [0.29, 0.717) is 12.1 Å². The smallest absolute Gasteiger partial charge is 0.241 e. The summed E-state index contributed by atoms with van der Waals surface area (Å²) in [7, 11) is 0. The molecule has 1 saturated heterocycles. The van der Waals surface area contributed by atoms with Crippen molar-refractivity contribution in [3.63, 3.8) is 0 Å². The van der Waals surface area contributed by atoms with Crippen molar-refractivity contribution in [2.45, 2.75) is 77.9 Å². The number of hydrogen-bond donors (Lipinski definition) is 1. The molecule has 1 aliphatic heterocycles. The Kier molecular flexibility index (Phi) is 5.26. The summed E-state index contributed by atoms with van der Waals surface area (Å²) >= 11 is 0. The zero-order chi connectivity index (χ0) is 13.8. The minimum atomic E-state index is 0.0686. The monoisotopic (exact) mass is 266 g/mol. The molecule has 1 saturated carbocycles. The molecule has 19 heavy (non-hydrogen) atoms. The third-order valence-electron chi connectivity index (χ3n) is 4.91. The molecule has 3 heteroatoms. The van der Waals surface area contributed by atoms with Gasteiger partial charge in [-0.1, -0.05) is 40.0 Å². The summed E-state index contributed by atoms with van der Waals surface area (Å²) in [4.78, 5) is 14.6. The third-order valence-corrected chi connectivity index (χ3v) is 4.91. The highest BCUT2D eigenvalue weighted by Crippen LogP contribution is 2.30. The first-order chi connectivity index (χ1) is 9.15. The predicted molar refractivity (Wildman–Crippen MR) is 78.7 cm³/mol. The fourth-order valence-electron chi connectivity index (χ4n) is 3.56. The van der Waals surface area contributed by atoms with Gasteiger partial charge in [0.2, 0.25) is 5.91 Å². The van der Waals surface area contributed by atoms with Gasteiger partial charge >= 0.3 is 0 Å². The highest BCUT2D eigenvalue weighted by molar-refractivity contribution is 5.84. The molecule has 2 rings (SSSR count). The largest absolute Gasteiger partial charge is 0.326 e. The van der Waals surface area contributed by atoms with Gasteiger partial charge in [0, 0.05) is 6.54 Å². The lowest BCUT2D eigenvalue weighted by Crippen LogP contribution is -2.41. The molecule has 3 nitrogen and oxygen atoms in total. The molecule has 0 aromatic heterocycles. The first-order valence-corrected chi connectivity index (χ1v) is 8.22. The van der Waals surface area contributed by atoms with Crippen molar-refractivity contribution in [2.75, 3.05) is 6.54 Å². The average molecular weight is 266 g/mol. The van der Waals surface area contributed by atoms with Crippen LogP contribution in [0.15, 0.2) is 0 Å². The van der Waals surface area contributed by atoms with Crippen LogP contribution in [0.4, 0.5) is 0 Å². The fourth-order valence-corrected chi connectivity index (χ4v) is 3.56. The van der Waals surface area contributed by atoms with E-state index in [2.05, 4.69) is 31.0 Å². The summed E-state index contributed by atoms with van der Waals surface area (Å²) in [6.45, 7) is 7.64. The highest BCUT2D eigenvalue weighted by atomic mass is 16.2. The minimum Gasteiger partial charge on any atom is -0.326 e. The second-order valence-electron chi connectivity index (χ2n) is 6.55. The molecule has 1 amide bonds. The molecular formula is C16H30N2O. The Bertz CT molecular complexity index is 297. The summed E-state index contributed by atoms with van der Waals surface area (Å²) < 4.78 is 0. The molecule has 2 atom stereocenters. The van der Waals surface area contributed by atoms with Crippen molar-refractivity contribution in [3.05, 3.63) is 0 Å². The van der Waals surface area contributed by atoms with E-state index in [9.17, 15) is 4.79 Å². The van der Waals surface area contributed by atoms with Crippen LogP contribution in [-0.4, -0.2) is 29.6 Å². The second-order valence-corrected chi connectivity index (χ2v) is 6.55. The van der Waals surface area contributed by atoms with Crippen LogP contribution in [0.1, 0.15) is 65.7 Å². The molecule has 1 N–H and O–H groups in total. The van der Waals surface area contributed by atoms with Gasteiger partial charge < -0.3 is 4.90 Å². The van der Waals surface area contributed by atoms with Crippen LogP contribution < -0.4 is 5.32 Å². The normalized spacial score (nSPS) is 35.9. The Balaban J connectivity index is 1.93. The zero-order valence-corrected chi connectivity index (χ0v) is 12.8. The number of carbonyl (C=O) groups excluding carboxylic acids is 1. The van der Waals surface area contributed by atoms with E-state index in [0.717, 1.165) is 37.6 Å². The summed E-state index contributed by atoms with van der Waals surface area (Å²) in [6.07, 6.45) is 8.73. The van der Waals surface area contributed by atoms with Gasteiger partial charge in [-0.05, 0) is 37.5 Å². The zero-order valence-electron chi connectivity index (χ0n) is 12.8. The van der Waals surface area contributed by atoms with E-state index in [1.165, 1.54) is 25.7 Å². The molecule has 0 aromatic carbocycles. The fraction of sp³-hybridized carbons (Fsp3) is 0.938. The summed E-state index contributed by atoms with van der Waals surface area (Å²) in [5.41, 5.74) is 0. The number of hydrogen-bond acceptors (Lipinski definition) is 2. The average Bonchev–Trinajstić information content (AvgIpc) is 2.70. The third kappa shape index (κ3) is 3.50. The maximum atomic E-state index is 12.4. The Morgan fingerprint density at radius 2 is 1.89 bits per heavy atom. The lowest BCUT2D eigenvalue weighted by molar-refractivity contribution is -0.131. The van der Waals surface area contributed by atoms with Gasteiger partial charge in [0.25, 0.3) is 0 Å².